The average molecular weight is 386 g/mol. The van der Waals surface area contributed by atoms with Crippen molar-refractivity contribution in [1.82, 2.24) is 19.7 Å². The molecule has 4 rings (SSSR count). The van der Waals surface area contributed by atoms with Crippen LogP contribution in [0.4, 0.5) is 0 Å². The minimum Gasteiger partial charge on any atom is -0.487 e. The van der Waals surface area contributed by atoms with Gasteiger partial charge in [0.25, 0.3) is 0 Å². The maximum absolute atomic E-state index is 5.82. The molecule has 0 fully saturated rings. The van der Waals surface area contributed by atoms with Gasteiger partial charge in [0, 0.05) is 12.6 Å². The van der Waals surface area contributed by atoms with Crippen molar-refractivity contribution in [3.8, 4) is 5.75 Å². The summed E-state index contributed by atoms with van der Waals surface area (Å²) >= 11 is 0. The second-order valence-corrected chi connectivity index (χ2v) is 6.62. The van der Waals surface area contributed by atoms with Gasteiger partial charge >= 0.3 is 0 Å². The lowest BCUT2D eigenvalue weighted by molar-refractivity contribution is 0.301. The van der Waals surface area contributed by atoms with Crippen molar-refractivity contribution in [3.63, 3.8) is 0 Å². The van der Waals surface area contributed by atoms with E-state index in [4.69, 9.17) is 9.15 Å². The summed E-state index contributed by atoms with van der Waals surface area (Å²) in [5, 5.41) is 4.11. The molecule has 0 N–H and O–H groups in total. The third-order valence-corrected chi connectivity index (χ3v) is 4.42. The summed E-state index contributed by atoms with van der Waals surface area (Å²) in [7, 11) is 0. The molecule has 0 atom stereocenters. The highest BCUT2D eigenvalue weighted by atomic mass is 16.5. The number of rotatable bonds is 9. The molecule has 0 bridgehead atoms. The van der Waals surface area contributed by atoms with Crippen molar-refractivity contribution in [1.29, 1.82) is 0 Å². The van der Waals surface area contributed by atoms with Gasteiger partial charge in [0.1, 0.15) is 37.0 Å². The normalized spacial score (nSPS) is 11.2. The van der Waals surface area contributed by atoms with Gasteiger partial charge in [-0.05, 0) is 42.2 Å². The van der Waals surface area contributed by atoms with E-state index in [0.717, 1.165) is 36.4 Å². The third-order valence-electron chi connectivity index (χ3n) is 4.42. The smallest absolute Gasteiger partial charge is 0.218 e. The fourth-order valence-corrected chi connectivity index (χ4v) is 2.90. The molecule has 0 radical (unpaired) electrons. The first-order valence-electron chi connectivity index (χ1n) is 9.57. The van der Waals surface area contributed by atoms with Crippen LogP contribution in [0.5, 0.6) is 5.75 Å². The molecule has 0 amide bonds. The number of aromatic nitrogens is 4. The van der Waals surface area contributed by atoms with Crippen molar-refractivity contribution in [2.24, 2.45) is 0 Å². The van der Waals surface area contributed by atoms with Gasteiger partial charge in [-0.2, -0.15) is 5.10 Å². The molecule has 0 aliphatic rings. The Kier molecular flexibility index (Phi) is 6.12. The lowest BCUT2D eigenvalue weighted by Gasteiger charge is -2.06. The van der Waals surface area contributed by atoms with Gasteiger partial charge in [-0.3, -0.25) is 4.68 Å². The first kappa shape index (κ1) is 18.7. The molecule has 0 unspecified atom stereocenters. The van der Waals surface area contributed by atoms with Crippen LogP contribution in [0.1, 0.15) is 29.1 Å². The van der Waals surface area contributed by atoms with Crippen LogP contribution in [-0.4, -0.2) is 19.7 Å². The number of benzene rings is 2. The molecule has 6 nitrogen and oxygen atoms in total. The van der Waals surface area contributed by atoms with Crippen molar-refractivity contribution < 1.29 is 9.15 Å². The SMILES string of the molecule is C(=Cc1nc(COc2ccc(CCCn3cncn3)cc2)co1)c1ccccc1. The second-order valence-electron chi connectivity index (χ2n) is 6.62. The summed E-state index contributed by atoms with van der Waals surface area (Å²) in [6, 6.07) is 18.2. The minimum atomic E-state index is 0.369. The van der Waals surface area contributed by atoms with E-state index in [9.17, 15) is 0 Å². The highest BCUT2D eigenvalue weighted by molar-refractivity contribution is 5.65. The first-order chi connectivity index (χ1) is 14.3. The quantitative estimate of drug-likeness (QED) is 0.419. The first-order valence-corrected chi connectivity index (χ1v) is 9.57. The summed E-state index contributed by atoms with van der Waals surface area (Å²) in [5.41, 5.74) is 3.13. The summed E-state index contributed by atoms with van der Waals surface area (Å²) in [5.74, 6) is 1.38. The Morgan fingerprint density at radius 2 is 1.86 bits per heavy atom. The molecule has 2 aromatic heterocycles. The molecule has 6 heteroatoms. The minimum absolute atomic E-state index is 0.369. The van der Waals surface area contributed by atoms with E-state index in [-0.39, 0.29) is 0 Å². The molecule has 0 aliphatic heterocycles. The van der Waals surface area contributed by atoms with Gasteiger partial charge < -0.3 is 9.15 Å². The Morgan fingerprint density at radius 3 is 2.66 bits per heavy atom. The van der Waals surface area contributed by atoms with Crippen LogP contribution in [0, 0.1) is 0 Å². The number of oxazole rings is 1. The van der Waals surface area contributed by atoms with E-state index < -0.39 is 0 Å². The highest BCUT2D eigenvalue weighted by Crippen LogP contribution is 2.16. The highest BCUT2D eigenvalue weighted by Gasteiger charge is 2.03. The van der Waals surface area contributed by atoms with E-state index >= 15 is 0 Å². The van der Waals surface area contributed by atoms with Crippen LogP contribution in [0.25, 0.3) is 12.2 Å². The van der Waals surface area contributed by atoms with Gasteiger partial charge in [0.05, 0.1) is 0 Å². The monoisotopic (exact) mass is 386 g/mol. The van der Waals surface area contributed by atoms with Crippen molar-refractivity contribution in [2.45, 2.75) is 26.0 Å². The summed E-state index contributed by atoms with van der Waals surface area (Å²) in [6.07, 6.45) is 10.8. The van der Waals surface area contributed by atoms with Crippen molar-refractivity contribution in [2.75, 3.05) is 0 Å². The molecule has 4 aromatic rings. The zero-order valence-corrected chi connectivity index (χ0v) is 16.0. The fraction of sp³-hybridized carbons (Fsp3) is 0.174. The van der Waals surface area contributed by atoms with E-state index in [1.54, 1.807) is 18.9 Å². The Morgan fingerprint density at radius 1 is 1.00 bits per heavy atom. The summed E-state index contributed by atoms with van der Waals surface area (Å²) in [4.78, 5) is 8.38. The third kappa shape index (κ3) is 5.65. The van der Waals surface area contributed by atoms with E-state index in [1.807, 2.05) is 59.3 Å². The number of hydrogen-bond acceptors (Lipinski definition) is 5. The predicted molar refractivity (Wildman–Crippen MR) is 111 cm³/mol. The number of ether oxygens (including phenoxy) is 1. The van der Waals surface area contributed by atoms with Crippen LogP contribution in [0.3, 0.4) is 0 Å². The number of nitrogens with zero attached hydrogens (tertiary/aromatic N) is 4. The molecule has 2 heterocycles. The summed E-state index contributed by atoms with van der Waals surface area (Å²) < 4.78 is 13.1. The van der Waals surface area contributed by atoms with Gasteiger partial charge in [0.2, 0.25) is 5.89 Å². The second kappa shape index (κ2) is 9.50. The summed E-state index contributed by atoms with van der Waals surface area (Å²) in [6.45, 7) is 1.24. The van der Waals surface area contributed by atoms with Crippen LogP contribution in [0.15, 0.2) is 77.9 Å². The van der Waals surface area contributed by atoms with Crippen LogP contribution in [0.2, 0.25) is 0 Å². The van der Waals surface area contributed by atoms with Gasteiger partial charge in [0.15, 0.2) is 0 Å². The number of aryl methyl sites for hydroxylation is 2. The predicted octanol–water partition coefficient (Wildman–Crippen LogP) is 4.65. The average Bonchev–Trinajstić information content (AvgIpc) is 3.45. The molecule has 0 saturated heterocycles. The molecular formula is C23H22N4O2. The van der Waals surface area contributed by atoms with Crippen LogP contribution < -0.4 is 4.74 Å². The van der Waals surface area contributed by atoms with Crippen molar-refractivity contribution in [3.05, 3.63) is 96.2 Å². The van der Waals surface area contributed by atoms with E-state index in [0.29, 0.717) is 12.5 Å². The standard InChI is InChI=1S/C23H22N4O2/c1-2-5-19(6-3-1)10-13-23-26-21(16-29-23)15-28-22-11-8-20(9-12-22)7-4-14-27-18-24-17-25-27/h1-3,5-6,8-13,16-18H,4,7,14-15H2. The molecular weight excluding hydrogens is 364 g/mol. The van der Waals surface area contributed by atoms with Gasteiger partial charge in [-0.15, -0.1) is 0 Å². The maximum atomic E-state index is 5.82. The van der Waals surface area contributed by atoms with Crippen LogP contribution >= 0.6 is 0 Å². The molecule has 146 valence electrons. The zero-order chi connectivity index (χ0) is 19.7. The lowest BCUT2D eigenvalue weighted by Crippen LogP contribution is -2.00. The Balaban J connectivity index is 1.24. The molecule has 29 heavy (non-hydrogen) atoms. The van der Waals surface area contributed by atoms with Gasteiger partial charge in [-0.25, -0.2) is 9.97 Å². The Bertz CT molecular complexity index is 1020. The fourth-order valence-electron chi connectivity index (χ4n) is 2.90. The molecule has 0 spiro atoms. The Hall–Kier alpha value is -3.67. The number of hydrogen-bond donors (Lipinski definition) is 0. The molecule has 2 aromatic carbocycles. The molecule has 0 saturated carbocycles. The van der Waals surface area contributed by atoms with E-state index in [1.165, 1.54) is 5.56 Å². The molecule has 0 aliphatic carbocycles. The largest absolute Gasteiger partial charge is 0.487 e. The lowest BCUT2D eigenvalue weighted by atomic mass is 10.1. The maximum Gasteiger partial charge on any atom is 0.218 e. The zero-order valence-electron chi connectivity index (χ0n) is 16.0. The van der Waals surface area contributed by atoms with E-state index in [2.05, 4.69) is 27.2 Å². The topological polar surface area (TPSA) is 66.0 Å². The van der Waals surface area contributed by atoms with Crippen LogP contribution in [-0.2, 0) is 19.6 Å². The van der Waals surface area contributed by atoms with Crippen molar-refractivity contribution >= 4 is 12.2 Å². The van der Waals surface area contributed by atoms with Gasteiger partial charge in [-0.1, -0.05) is 42.5 Å². The Labute approximate surface area is 169 Å².